The number of aryl methyl sites for hydroxylation is 1. The average molecular weight is 382 g/mol. The number of benzene rings is 1. The summed E-state index contributed by atoms with van der Waals surface area (Å²) >= 11 is 2.33. The Kier molecular flexibility index (Phi) is 4.12. The van der Waals surface area contributed by atoms with Gasteiger partial charge in [0.2, 0.25) is 0 Å². The number of pyridine rings is 1. The molecule has 1 saturated heterocycles. The third kappa shape index (κ3) is 2.76. The lowest BCUT2D eigenvalue weighted by molar-refractivity contribution is 0.0787. The number of rotatable bonds is 3. The molecule has 0 saturated carbocycles. The number of aromatic nitrogens is 1. The minimum Gasteiger partial charge on any atom is -0.377 e. The summed E-state index contributed by atoms with van der Waals surface area (Å²) in [5.41, 5.74) is 3.44. The van der Waals surface area contributed by atoms with Crippen LogP contribution in [0.15, 0.2) is 24.3 Å². The number of anilines is 1. The van der Waals surface area contributed by atoms with E-state index in [0.717, 1.165) is 37.3 Å². The molecule has 2 aromatic rings. The van der Waals surface area contributed by atoms with Crippen LogP contribution in [0.4, 0.5) is 5.69 Å². The molecule has 3 nitrogen and oxygen atoms in total. The van der Waals surface area contributed by atoms with Crippen molar-refractivity contribution in [2.24, 2.45) is 0 Å². The van der Waals surface area contributed by atoms with Gasteiger partial charge in [0.15, 0.2) is 0 Å². The molecule has 1 aromatic carbocycles. The fourth-order valence-corrected chi connectivity index (χ4v) is 3.34. The van der Waals surface area contributed by atoms with Gasteiger partial charge in [-0.2, -0.15) is 0 Å². The van der Waals surface area contributed by atoms with Crippen molar-refractivity contribution < 1.29 is 4.74 Å². The third-order valence-electron chi connectivity index (χ3n) is 3.83. The first-order valence-electron chi connectivity index (χ1n) is 7.11. The van der Waals surface area contributed by atoms with Crippen LogP contribution < -0.4 is 4.90 Å². The van der Waals surface area contributed by atoms with Gasteiger partial charge in [-0.05, 0) is 61.1 Å². The van der Waals surface area contributed by atoms with Crippen LogP contribution in [-0.2, 0) is 4.74 Å². The maximum atomic E-state index is 5.73. The number of hydrogen-bond acceptors (Lipinski definition) is 3. The van der Waals surface area contributed by atoms with Crippen LogP contribution in [0.2, 0.25) is 0 Å². The lowest BCUT2D eigenvalue weighted by Crippen LogP contribution is -2.23. The summed E-state index contributed by atoms with van der Waals surface area (Å²) in [6, 6.07) is 8.70. The second-order valence-corrected chi connectivity index (χ2v) is 6.49. The van der Waals surface area contributed by atoms with Gasteiger partial charge in [-0.1, -0.05) is 6.07 Å². The molecular weight excluding hydrogens is 363 g/mol. The summed E-state index contributed by atoms with van der Waals surface area (Å²) in [4.78, 5) is 7.17. The SMILES string of the molecule is CCOC1CCN(c2cc3ccc(I)cc3nc2C)C1. The van der Waals surface area contributed by atoms with Crippen LogP contribution in [0.5, 0.6) is 0 Å². The Morgan fingerprint density at radius 3 is 3.05 bits per heavy atom. The van der Waals surface area contributed by atoms with Gasteiger partial charge in [0.1, 0.15) is 0 Å². The number of halogens is 1. The second-order valence-electron chi connectivity index (χ2n) is 5.24. The molecule has 20 heavy (non-hydrogen) atoms. The number of ether oxygens (including phenoxy) is 1. The maximum absolute atomic E-state index is 5.73. The van der Waals surface area contributed by atoms with Crippen LogP contribution in [0.1, 0.15) is 19.0 Å². The van der Waals surface area contributed by atoms with Gasteiger partial charge in [0, 0.05) is 28.7 Å². The van der Waals surface area contributed by atoms with E-state index in [1.165, 1.54) is 14.6 Å². The summed E-state index contributed by atoms with van der Waals surface area (Å²) in [5.74, 6) is 0. The van der Waals surface area contributed by atoms with E-state index in [2.05, 4.69) is 65.6 Å². The molecule has 0 amide bonds. The summed E-state index contributed by atoms with van der Waals surface area (Å²) in [5, 5.41) is 1.21. The molecule has 1 aromatic heterocycles. The van der Waals surface area contributed by atoms with Crippen molar-refractivity contribution in [1.29, 1.82) is 0 Å². The van der Waals surface area contributed by atoms with Gasteiger partial charge in [-0.25, -0.2) is 0 Å². The minimum atomic E-state index is 0.367. The van der Waals surface area contributed by atoms with Gasteiger partial charge in [0.25, 0.3) is 0 Å². The average Bonchev–Trinajstić information content (AvgIpc) is 2.86. The Hall–Kier alpha value is -0.880. The third-order valence-corrected chi connectivity index (χ3v) is 4.50. The number of fused-ring (bicyclic) bond motifs is 1. The molecule has 1 fully saturated rings. The van der Waals surface area contributed by atoms with Crippen LogP contribution in [0.25, 0.3) is 10.9 Å². The molecule has 0 bridgehead atoms. The minimum absolute atomic E-state index is 0.367. The summed E-state index contributed by atoms with van der Waals surface area (Å²) < 4.78 is 6.96. The topological polar surface area (TPSA) is 25.4 Å². The van der Waals surface area contributed by atoms with Crippen LogP contribution in [-0.4, -0.2) is 30.8 Å². The maximum Gasteiger partial charge on any atom is 0.0766 e. The zero-order valence-electron chi connectivity index (χ0n) is 11.9. The molecule has 3 rings (SSSR count). The molecular formula is C16H19IN2O. The fourth-order valence-electron chi connectivity index (χ4n) is 2.86. The van der Waals surface area contributed by atoms with Crippen molar-refractivity contribution in [3.8, 4) is 0 Å². The molecule has 1 aliphatic rings. The van der Waals surface area contributed by atoms with Crippen LogP contribution >= 0.6 is 22.6 Å². The Labute approximate surface area is 133 Å². The second kappa shape index (κ2) is 5.85. The first-order valence-corrected chi connectivity index (χ1v) is 8.18. The molecule has 2 heterocycles. The van der Waals surface area contributed by atoms with Gasteiger partial charge < -0.3 is 9.64 Å². The smallest absolute Gasteiger partial charge is 0.0766 e. The lowest BCUT2D eigenvalue weighted by atomic mass is 10.1. The molecule has 0 spiro atoms. The predicted molar refractivity (Wildman–Crippen MR) is 91.4 cm³/mol. The molecule has 0 N–H and O–H groups in total. The van der Waals surface area contributed by atoms with E-state index >= 15 is 0 Å². The lowest BCUT2D eigenvalue weighted by Gasteiger charge is -2.21. The van der Waals surface area contributed by atoms with Crippen LogP contribution in [0, 0.1) is 10.5 Å². The van der Waals surface area contributed by atoms with E-state index in [1.807, 2.05) is 0 Å². The van der Waals surface area contributed by atoms with E-state index in [1.54, 1.807) is 0 Å². The van der Waals surface area contributed by atoms with E-state index < -0.39 is 0 Å². The predicted octanol–water partition coefficient (Wildman–Crippen LogP) is 3.76. The first-order chi connectivity index (χ1) is 9.67. The van der Waals surface area contributed by atoms with Crippen molar-refractivity contribution >= 4 is 39.2 Å². The summed E-state index contributed by atoms with van der Waals surface area (Å²) in [6.45, 7) is 7.00. The Balaban J connectivity index is 1.92. The van der Waals surface area contributed by atoms with E-state index in [9.17, 15) is 0 Å². The first kappa shape index (κ1) is 14.1. The highest BCUT2D eigenvalue weighted by atomic mass is 127. The van der Waals surface area contributed by atoms with Crippen molar-refractivity contribution in [2.75, 3.05) is 24.6 Å². The summed E-state index contributed by atoms with van der Waals surface area (Å²) in [7, 11) is 0. The Morgan fingerprint density at radius 1 is 1.40 bits per heavy atom. The molecule has 106 valence electrons. The zero-order valence-corrected chi connectivity index (χ0v) is 14.1. The highest BCUT2D eigenvalue weighted by Crippen LogP contribution is 2.28. The number of hydrogen-bond donors (Lipinski definition) is 0. The van der Waals surface area contributed by atoms with E-state index in [4.69, 9.17) is 9.72 Å². The quantitative estimate of drug-likeness (QED) is 0.756. The van der Waals surface area contributed by atoms with Crippen LogP contribution in [0.3, 0.4) is 0 Å². The highest BCUT2D eigenvalue weighted by Gasteiger charge is 2.24. The summed E-state index contributed by atoms with van der Waals surface area (Å²) in [6.07, 6.45) is 1.48. The highest BCUT2D eigenvalue weighted by molar-refractivity contribution is 14.1. The molecule has 0 radical (unpaired) electrons. The molecule has 0 aliphatic carbocycles. The normalized spacial score (nSPS) is 18.9. The van der Waals surface area contributed by atoms with Gasteiger partial charge >= 0.3 is 0 Å². The number of nitrogens with zero attached hydrogens (tertiary/aromatic N) is 2. The van der Waals surface area contributed by atoms with Gasteiger partial charge in [-0.3, -0.25) is 4.98 Å². The van der Waals surface area contributed by atoms with Crippen molar-refractivity contribution in [1.82, 2.24) is 4.98 Å². The van der Waals surface area contributed by atoms with E-state index in [-0.39, 0.29) is 0 Å². The largest absolute Gasteiger partial charge is 0.377 e. The standard InChI is InChI=1S/C16H19IN2O/c1-3-20-14-6-7-19(10-14)16-8-12-4-5-13(17)9-15(12)18-11(16)2/h4-5,8-9,14H,3,6-7,10H2,1-2H3. The van der Waals surface area contributed by atoms with Crippen molar-refractivity contribution in [2.45, 2.75) is 26.4 Å². The molecule has 4 heteroatoms. The van der Waals surface area contributed by atoms with Gasteiger partial charge in [-0.15, -0.1) is 0 Å². The Bertz CT molecular complexity index is 629. The fraction of sp³-hybridized carbons (Fsp3) is 0.438. The van der Waals surface area contributed by atoms with Gasteiger partial charge in [0.05, 0.1) is 23.0 Å². The van der Waals surface area contributed by atoms with Crippen molar-refractivity contribution in [3.05, 3.63) is 33.5 Å². The Morgan fingerprint density at radius 2 is 2.25 bits per heavy atom. The molecule has 1 aliphatic heterocycles. The monoisotopic (exact) mass is 382 g/mol. The molecule has 1 atom stereocenters. The molecule has 1 unspecified atom stereocenters. The van der Waals surface area contributed by atoms with E-state index in [0.29, 0.717) is 6.10 Å². The zero-order chi connectivity index (χ0) is 14.1. The van der Waals surface area contributed by atoms with Crippen molar-refractivity contribution in [3.63, 3.8) is 0 Å².